The zero-order valence-corrected chi connectivity index (χ0v) is 16.5. The van der Waals surface area contributed by atoms with E-state index in [0.29, 0.717) is 35.0 Å². The quantitative estimate of drug-likeness (QED) is 0.606. The van der Waals surface area contributed by atoms with Crippen LogP contribution in [0.3, 0.4) is 0 Å². The third kappa shape index (κ3) is 4.95. The van der Waals surface area contributed by atoms with Crippen LogP contribution in [0.2, 0.25) is 5.02 Å². The zero-order valence-electron chi connectivity index (χ0n) is 14.9. The summed E-state index contributed by atoms with van der Waals surface area (Å²) in [5.41, 5.74) is 6.94. The highest BCUT2D eigenvalue weighted by Crippen LogP contribution is 2.29. The zero-order chi connectivity index (χ0) is 18.5. The molecule has 1 aromatic heterocycles. The van der Waals surface area contributed by atoms with Crippen LogP contribution in [-0.4, -0.2) is 19.0 Å². The average molecular weight is 409 g/mol. The number of hydrogen-bond donors (Lipinski definition) is 2. The van der Waals surface area contributed by atoms with Crippen molar-refractivity contribution in [2.75, 3.05) is 13.1 Å². The van der Waals surface area contributed by atoms with Gasteiger partial charge in [0, 0.05) is 17.5 Å². The Kier molecular flexibility index (Phi) is 7.54. The minimum Gasteiger partial charge on any atom is -0.487 e. The lowest BCUT2D eigenvalue weighted by atomic mass is 10.1. The topological polar surface area (TPSA) is 77.5 Å². The summed E-state index contributed by atoms with van der Waals surface area (Å²) in [7, 11) is 0. The van der Waals surface area contributed by atoms with E-state index in [0.717, 1.165) is 5.39 Å². The molecule has 2 aromatic carbocycles. The number of halogens is 2. The van der Waals surface area contributed by atoms with Gasteiger partial charge in [0.2, 0.25) is 0 Å². The van der Waals surface area contributed by atoms with Crippen molar-refractivity contribution < 1.29 is 13.9 Å². The third-order valence-electron chi connectivity index (χ3n) is 4.13. The summed E-state index contributed by atoms with van der Waals surface area (Å²) in [6.45, 7) is 3.14. The Morgan fingerprint density at radius 3 is 2.67 bits per heavy atom. The third-order valence-corrected chi connectivity index (χ3v) is 4.44. The summed E-state index contributed by atoms with van der Waals surface area (Å²) >= 11 is 6.15. The Morgan fingerprint density at radius 1 is 1.22 bits per heavy atom. The van der Waals surface area contributed by atoms with Gasteiger partial charge in [-0.1, -0.05) is 48.9 Å². The lowest BCUT2D eigenvalue weighted by molar-refractivity contribution is 0.0919. The summed E-state index contributed by atoms with van der Waals surface area (Å²) in [5.74, 6) is 0.718. The van der Waals surface area contributed by atoms with Crippen LogP contribution in [0.15, 0.2) is 52.9 Å². The number of furan rings is 1. The molecule has 5 nitrogen and oxygen atoms in total. The minimum atomic E-state index is -0.278. The van der Waals surface area contributed by atoms with E-state index in [1.54, 1.807) is 12.1 Å². The number of benzene rings is 2. The average Bonchev–Trinajstić information content (AvgIpc) is 3.04. The maximum absolute atomic E-state index is 12.6. The van der Waals surface area contributed by atoms with E-state index in [2.05, 4.69) is 5.32 Å². The summed E-state index contributed by atoms with van der Waals surface area (Å²) in [6, 6.07) is 14.7. The first-order valence-corrected chi connectivity index (χ1v) is 8.84. The molecule has 0 saturated heterocycles. The summed E-state index contributed by atoms with van der Waals surface area (Å²) in [4.78, 5) is 12.6. The molecule has 1 unspecified atom stereocenters. The monoisotopic (exact) mass is 408 g/mol. The van der Waals surface area contributed by atoms with Crippen LogP contribution in [0.1, 0.15) is 23.0 Å². The van der Waals surface area contributed by atoms with Crippen molar-refractivity contribution in [1.82, 2.24) is 5.32 Å². The van der Waals surface area contributed by atoms with Gasteiger partial charge in [-0.2, -0.15) is 0 Å². The molecule has 1 heterocycles. The van der Waals surface area contributed by atoms with Gasteiger partial charge in [-0.05, 0) is 30.7 Å². The molecule has 0 aliphatic carbocycles. The molecular formula is C20H22Cl2N2O3. The molecule has 0 saturated carbocycles. The number of rotatable bonds is 7. The van der Waals surface area contributed by atoms with Gasteiger partial charge in [0.1, 0.15) is 17.9 Å². The van der Waals surface area contributed by atoms with Crippen LogP contribution in [0.5, 0.6) is 5.75 Å². The fraction of sp³-hybridized carbons (Fsp3) is 0.250. The molecular weight excluding hydrogens is 387 g/mol. The van der Waals surface area contributed by atoms with Gasteiger partial charge in [0.05, 0.1) is 5.02 Å². The molecule has 0 fully saturated rings. The number of nitrogens with one attached hydrogen (secondary N) is 1. The Hall–Kier alpha value is -2.21. The van der Waals surface area contributed by atoms with E-state index < -0.39 is 0 Å². The number of ether oxygens (including phenoxy) is 1. The van der Waals surface area contributed by atoms with Gasteiger partial charge in [-0.15, -0.1) is 12.4 Å². The Morgan fingerprint density at radius 2 is 1.93 bits per heavy atom. The van der Waals surface area contributed by atoms with Crippen molar-refractivity contribution in [3.8, 4) is 5.75 Å². The number of nitrogens with two attached hydrogens (primary N) is 1. The largest absolute Gasteiger partial charge is 0.487 e. The SMILES string of the molecule is CC(CN)CNC(=O)c1oc2ccccc2c1COc1ccccc1Cl.Cl. The second-order valence-corrected chi connectivity index (χ2v) is 6.58. The van der Waals surface area contributed by atoms with Crippen molar-refractivity contribution in [3.63, 3.8) is 0 Å². The molecule has 0 aliphatic rings. The first-order chi connectivity index (χ1) is 12.6. The Labute approximate surface area is 169 Å². The van der Waals surface area contributed by atoms with Crippen LogP contribution in [0.25, 0.3) is 11.0 Å². The van der Waals surface area contributed by atoms with Gasteiger partial charge in [-0.25, -0.2) is 0 Å². The summed E-state index contributed by atoms with van der Waals surface area (Å²) in [5, 5.41) is 4.23. The van der Waals surface area contributed by atoms with Crippen molar-refractivity contribution in [2.45, 2.75) is 13.5 Å². The maximum Gasteiger partial charge on any atom is 0.287 e. The lowest BCUT2D eigenvalue weighted by Gasteiger charge is -2.11. The van der Waals surface area contributed by atoms with Crippen molar-refractivity contribution in [2.24, 2.45) is 11.7 Å². The van der Waals surface area contributed by atoms with E-state index in [1.165, 1.54) is 0 Å². The Balaban J connectivity index is 0.00000261. The highest BCUT2D eigenvalue weighted by molar-refractivity contribution is 6.32. The predicted octanol–water partition coefficient (Wildman–Crippen LogP) is 4.41. The molecule has 1 amide bonds. The molecule has 3 aromatic rings. The highest BCUT2D eigenvalue weighted by atomic mass is 35.5. The van der Waals surface area contributed by atoms with E-state index in [4.69, 9.17) is 26.5 Å². The van der Waals surface area contributed by atoms with Gasteiger partial charge in [-0.3, -0.25) is 4.79 Å². The second kappa shape index (κ2) is 9.65. The van der Waals surface area contributed by atoms with E-state index >= 15 is 0 Å². The first kappa shape index (κ1) is 21.1. The van der Waals surface area contributed by atoms with Crippen LogP contribution in [-0.2, 0) is 6.61 Å². The predicted molar refractivity (Wildman–Crippen MR) is 110 cm³/mol. The molecule has 3 N–H and O–H groups in total. The minimum absolute atomic E-state index is 0. The molecule has 3 rings (SSSR count). The molecule has 1 atom stereocenters. The molecule has 0 aliphatic heterocycles. The molecule has 7 heteroatoms. The fourth-order valence-corrected chi connectivity index (χ4v) is 2.76. The van der Waals surface area contributed by atoms with Crippen LogP contribution < -0.4 is 15.8 Å². The fourth-order valence-electron chi connectivity index (χ4n) is 2.57. The second-order valence-electron chi connectivity index (χ2n) is 6.18. The number of carbonyl (C=O) groups is 1. The molecule has 144 valence electrons. The van der Waals surface area contributed by atoms with Gasteiger partial charge in [0.15, 0.2) is 5.76 Å². The summed E-state index contributed by atoms with van der Waals surface area (Å²) < 4.78 is 11.6. The van der Waals surface area contributed by atoms with E-state index in [-0.39, 0.29) is 36.6 Å². The van der Waals surface area contributed by atoms with Crippen LogP contribution in [0, 0.1) is 5.92 Å². The van der Waals surface area contributed by atoms with E-state index in [1.807, 2.05) is 43.3 Å². The smallest absolute Gasteiger partial charge is 0.287 e. The van der Waals surface area contributed by atoms with Gasteiger partial charge in [0.25, 0.3) is 5.91 Å². The normalized spacial score (nSPS) is 11.7. The van der Waals surface area contributed by atoms with E-state index in [9.17, 15) is 4.79 Å². The van der Waals surface area contributed by atoms with Crippen molar-refractivity contribution in [3.05, 3.63) is 64.9 Å². The number of fused-ring (bicyclic) bond motifs is 1. The maximum atomic E-state index is 12.6. The number of hydrogen-bond acceptors (Lipinski definition) is 4. The van der Waals surface area contributed by atoms with Crippen LogP contribution >= 0.6 is 24.0 Å². The molecule has 27 heavy (non-hydrogen) atoms. The standard InChI is InChI=1S/C20H21ClN2O3.ClH/c1-13(10-22)11-23-20(24)19-15(14-6-2-4-8-17(14)26-19)12-25-18-9-5-3-7-16(18)21;/h2-9,13H,10-12,22H2,1H3,(H,23,24);1H. The first-order valence-electron chi connectivity index (χ1n) is 8.46. The van der Waals surface area contributed by atoms with Crippen molar-refractivity contribution in [1.29, 1.82) is 0 Å². The number of amides is 1. The number of carbonyl (C=O) groups excluding carboxylic acids is 1. The molecule has 0 radical (unpaired) electrons. The van der Waals surface area contributed by atoms with Gasteiger partial charge < -0.3 is 20.2 Å². The lowest BCUT2D eigenvalue weighted by Crippen LogP contribution is -2.31. The summed E-state index contributed by atoms with van der Waals surface area (Å²) in [6.07, 6.45) is 0. The molecule has 0 spiro atoms. The Bertz CT molecular complexity index is 911. The van der Waals surface area contributed by atoms with Crippen LogP contribution in [0.4, 0.5) is 0 Å². The van der Waals surface area contributed by atoms with Gasteiger partial charge >= 0.3 is 0 Å². The van der Waals surface area contributed by atoms with Crippen molar-refractivity contribution >= 4 is 40.9 Å². The highest BCUT2D eigenvalue weighted by Gasteiger charge is 2.21. The molecule has 0 bridgehead atoms. The number of para-hydroxylation sites is 2.